The second kappa shape index (κ2) is 5.95. The van der Waals surface area contributed by atoms with E-state index in [1.165, 1.54) is 6.07 Å². The van der Waals surface area contributed by atoms with Crippen LogP contribution in [0.5, 0.6) is 0 Å². The van der Waals surface area contributed by atoms with E-state index in [0.29, 0.717) is 12.8 Å². The van der Waals surface area contributed by atoms with E-state index in [9.17, 15) is 22.8 Å². The Morgan fingerprint density at radius 2 is 1.71 bits per heavy atom. The predicted octanol–water partition coefficient (Wildman–Crippen LogP) is 3.99. The second-order valence-electron chi connectivity index (χ2n) is 6.93. The van der Waals surface area contributed by atoms with Crippen molar-refractivity contribution in [3.63, 3.8) is 0 Å². The lowest BCUT2D eigenvalue weighted by Gasteiger charge is -2.24. The smallest absolute Gasteiger partial charge is 0.351 e. The summed E-state index contributed by atoms with van der Waals surface area (Å²) in [5.41, 5.74) is -3.30. The summed E-state index contributed by atoms with van der Waals surface area (Å²) in [5.74, 6) is -1.22. The van der Waals surface area contributed by atoms with Gasteiger partial charge in [-0.3, -0.25) is 9.59 Å². The second-order valence-corrected chi connectivity index (χ2v) is 7.36. The van der Waals surface area contributed by atoms with Gasteiger partial charge in [0.15, 0.2) is 0 Å². The number of hydrogen-bond acceptors (Lipinski definition) is 2. The Balaban J connectivity index is 2.23. The number of hydrogen-bond donors (Lipinski definition) is 2. The minimum Gasteiger partial charge on any atom is -0.351 e. The van der Waals surface area contributed by atoms with Crippen LogP contribution < -0.4 is 10.6 Å². The number of halogens is 4. The number of alkyl halides is 3. The molecule has 2 amide bonds. The van der Waals surface area contributed by atoms with Gasteiger partial charge in [0.25, 0.3) is 0 Å². The first kappa shape index (κ1) is 18.6. The van der Waals surface area contributed by atoms with Crippen LogP contribution in [-0.2, 0) is 15.8 Å². The normalized spacial score (nSPS) is 16.5. The topological polar surface area (TPSA) is 58.2 Å². The average Bonchev–Trinajstić information content (AvgIpc) is 3.19. The van der Waals surface area contributed by atoms with E-state index in [2.05, 4.69) is 10.6 Å². The highest BCUT2D eigenvalue weighted by Gasteiger charge is 2.57. The molecule has 1 aliphatic rings. The molecule has 4 nitrogen and oxygen atoms in total. The van der Waals surface area contributed by atoms with Crippen molar-refractivity contribution in [2.75, 3.05) is 5.32 Å². The van der Waals surface area contributed by atoms with Crippen LogP contribution >= 0.6 is 11.6 Å². The molecule has 132 valence electrons. The van der Waals surface area contributed by atoms with Crippen LogP contribution in [-0.4, -0.2) is 17.4 Å². The lowest BCUT2D eigenvalue weighted by atomic mass is 10.0. The monoisotopic (exact) mass is 362 g/mol. The highest BCUT2D eigenvalue weighted by molar-refractivity contribution is 6.30. The van der Waals surface area contributed by atoms with Crippen molar-refractivity contribution in [3.05, 3.63) is 28.8 Å². The lowest BCUT2D eigenvalue weighted by molar-refractivity contribution is -0.137. The van der Waals surface area contributed by atoms with Gasteiger partial charge in [0.2, 0.25) is 11.8 Å². The van der Waals surface area contributed by atoms with Crippen LogP contribution in [0.4, 0.5) is 18.9 Å². The molecule has 0 atom stereocenters. The fourth-order valence-corrected chi connectivity index (χ4v) is 2.42. The van der Waals surface area contributed by atoms with Crippen molar-refractivity contribution in [2.24, 2.45) is 5.41 Å². The molecule has 0 spiro atoms. The maximum absolute atomic E-state index is 13.1. The largest absolute Gasteiger partial charge is 0.418 e. The number of nitrogens with one attached hydrogen (secondary N) is 2. The van der Waals surface area contributed by atoms with E-state index in [4.69, 9.17) is 11.6 Å². The van der Waals surface area contributed by atoms with Gasteiger partial charge in [-0.2, -0.15) is 13.2 Å². The first-order chi connectivity index (χ1) is 10.8. The Bertz CT molecular complexity index is 677. The molecule has 0 saturated heterocycles. The minimum atomic E-state index is -4.67. The van der Waals surface area contributed by atoms with E-state index in [1.807, 2.05) is 0 Å². The molecular formula is C16H18ClF3N2O2. The average molecular weight is 363 g/mol. The summed E-state index contributed by atoms with van der Waals surface area (Å²) in [6.07, 6.45) is -4.07. The first-order valence-electron chi connectivity index (χ1n) is 7.36. The van der Waals surface area contributed by atoms with Crippen molar-refractivity contribution >= 4 is 29.1 Å². The van der Waals surface area contributed by atoms with E-state index < -0.39 is 40.2 Å². The molecule has 0 heterocycles. The first-order valence-corrected chi connectivity index (χ1v) is 7.74. The van der Waals surface area contributed by atoms with Crippen LogP contribution in [0.3, 0.4) is 0 Å². The third kappa shape index (κ3) is 4.01. The molecule has 1 aromatic carbocycles. The van der Waals surface area contributed by atoms with Gasteiger partial charge in [0.1, 0.15) is 5.41 Å². The highest BCUT2D eigenvalue weighted by Crippen LogP contribution is 2.48. The van der Waals surface area contributed by atoms with Crippen molar-refractivity contribution in [3.8, 4) is 0 Å². The van der Waals surface area contributed by atoms with E-state index in [0.717, 1.165) is 12.1 Å². The number of anilines is 1. The fourth-order valence-electron chi connectivity index (χ4n) is 2.24. The van der Waals surface area contributed by atoms with Crippen molar-refractivity contribution in [1.29, 1.82) is 0 Å². The summed E-state index contributed by atoms with van der Waals surface area (Å²) < 4.78 is 39.2. The molecule has 1 aromatic rings. The summed E-state index contributed by atoms with van der Waals surface area (Å²) in [6, 6.07) is 3.08. The van der Waals surface area contributed by atoms with Gasteiger partial charge in [0, 0.05) is 10.6 Å². The molecule has 1 saturated carbocycles. The zero-order valence-corrected chi connectivity index (χ0v) is 14.2. The van der Waals surface area contributed by atoms with Crippen LogP contribution in [0.25, 0.3) is 0 Å². The number of carbonyl (C=O) groups excluding carboxylic acids is 2. The Hall–Kier alpha value is -1.76. The molecule has 0 aliphatic heterocycles. The maximum atomic E-state index is 13.1. The van der Waals surface area contributed by atoms with E-state index in [-0.39, 0.29) is 5.02 Å². The molecule has 0 bridgehead atoms. The van der Waals surface area contributed by atoms with Crippen LogP contribution in [0.2, 0.25) is 5.02 Å². The summed E-state index contributed by atoms with van der Waals surface area (Å²) in [6.45, 7) is 5.29. The number of amides is 2. The van der Waals surface area contributed by atoms with Gasteiger partial charge in [-0.15, -0.1) is 0 Å². The molecular weight excluding hydrogens is 345 g/mol. The number of benzene rings is 1. The molecule has 0 unspecified atom stereocenters. The molecule has 2 rings (SSSR count). The molecule has 0 radical (unpaired) electrons. The SMILES string of the molecule is CC(C)(C)NC(=O)C1(C(=O)Nc2ccc(Cl)cc2C(F)(F)F)CC1. The minimum absolute atomic E-state index is 0.0908. The Morgan fingerprint density at radius 3 is 2.17 bits per heavy atom. The van der Waals surface area contributed by atoms with E-state index >= 15 is 0 Å². The Kier molecular flexibility index (Phi) is 4.61. The van der Waals surface area contributed by atoms with Gasteiger partial charge in [-0.25, -0.2) is 0 Å². The third-order valence-corrected chi connectivity index (χ3v) is 3.88. The zero-order valence-electron chi connectivity index (χ0n) is 13.5. The molecule has 8 heteroatoms. The molecule has 0 aromatic heterocycles. The Morgan fingerprint density at radius 1 is 1.12 bits per heavy atom. The zero-order chi connectivity index (χ0) is 18.3. The highest BCUT2D eigenvalue weighted by atomic mass is 35.5. The standard InChI is InChI=1S/C16H18ClF3N2O2/c1-14(2,3)22-13(24)15(6-7-15)12(23)21-11-5-4-9(17)8-10(11)16(18,19)20/h4-5,8H,6-7H2,1-3H3,(H,21,23)(H,22,24). The summed E-state index contributed by atoms with van der Waals surface area (Å²) in [5, 5.41) is 4.84. The van der Waals surface area contributed by atoms with Gasteiger partial charge in [-0.05, 0) is 51.8 Å². The van der Waals surface area contributed by atoms with Crippen LogP contribution in [0.1, 0.15) is 39.2 Å². The fraction of sp³-hybridized carbons (Fsp3) is 0.500. The number of rotatable bonds is 3. The van der Waals surface area contributed by atoms with Gasteiger partial charge in [0.05, 0.1) is 11.3 Å². The number of carbonyl (C=O) groups is 2. The molecule has 2 N–H and O–H groups in total. The molecule has 24 heavy (non-hydrogen) atoms. The summed E-state index contributed by atoms with van der Waals surface area (Å²) in [7, 11) is 0. The summed E-state index contributed by atoms with van der Waals surface area (Å²) in [4.78, 5) is 24.7. The van der Waals surface area contributed by atoms with Gasteiger partial charge < -0.3 is 10.6 Å². The van der Waals surface area contributed by atoms with Crippen molar-refractivity contribution < 1.29 is 22.8 Å². The summed E-state index contributed by atoms with van der Waals surface area (Å²) >= 11 is 5.61. The lowest BCUT2D eigenvalue weighted by Crippen LogP contribution is -2.48. The quantitative estimate of drug-likeness (QED) is 0.799. The molecule has 1 fully saturated rings. The van der Waals surface area contributed by atoms with Crippen LogP contribution in [0.15, 0.2) is 18.2 Å². The maximum Gasteiger partial charge on any atom is 0.418 e. The third-order valence-electron chi connectivity index (χ3n) is 3.64. The predicted molar refractivity (Wildman–Crippen MR) is 84.6 cm³/mol. The van der Waals surface area contributed by atoms with Gasteiger partial charge >= 0.3 is 6.18 Å². The van der Waals surface area contributed by atoms with Crippen LogP contribution in [0, 0.1) is 5.41 Å². The Labute approximate surface area is 142 Å². The van der Waals surface area contributed by atoms with Crippen molar-refractivity contribution in [2.45, 2.75) is 45.3 Å². The molecule has 1 aliphatic carbocycles. The van der Waals surface area contributed by atoms with E-state index in [1.54, 1.807) is 20.8 Å². The van der Waals surface area contributed by atoms with Gasteiger partial charge in [-0.1, -0.05) is 11.6 Å². The van der Waals surface area contributed by atoms with Crippen molar-refractivity contribution in [1.82, 2.24) is 5.32 Å².